The van der Waals surface area contributed by atoms with Crippen LogP contribution in [0.1, 0.15) is 16.7 Å². The predicted molar refractivity (Wildman–Crippen MR) is 101 cm³/mol. The summed E-state index contributed by atoms with van der Waals surface area (Å²) in [5, 5.41) is 11.4. The second kappa shape index (κ2) is 8.77. The molecular formula is C18H23FN4O2S. The van der Waals surface area contributed by atoms with Crippen molar-refractivity contribution in [2.75, 3.05) is 13.6 Å². The average Bonchev–Trinajstić information content (AvgIpc) is 2.60. The minimum Gasteiger partial charge on any atom is -0.356 e. The number of guanidine groups is 1. The number of nitrogens with one attached hydrogen (secondary N) is 2. The molecule has 26 heavy (non-hydrogen) atoms. The lowest BCUT2D eigenvalue weighted by Gasteiger charge is -2.12. The van der Waals surface area contributed by atoms with Gasteiger partial charge >= 0.3 is 0 Å². The number of sulfonamides is 1. The Morgan fingerprint density at radius 2 is 1.77 bits per heavy atom. The molecule has 0 spiro atoms. The lowest BCUT2D eigenvalue weighted by molar-refractivity contribution is 0.597. The van der Waals surface area contributed by atoms with Crippen molar-refractivity contribution in [1.29, 1.82) is 0 Å². The monoisotopic (exact) mass is 378 g/mol. The number of halogens is 1. The summed E-state index contributed by atoms with van der Waals surface area (Å²) in [6, 6.07) is 11.4. The molecule has 0 saturated heterocycles. The Morgan fingerprint density at radius 1 is 1.12 bits per heavy atom. The van der Waals surface area contributed by atoms with Gasteiger partial charge in [-0.1, -0.05) is 24.3 Å². The van der Waals surface area contributed by atoms with Crippen LogP contribution in [0.3, 0.4) is 0 Å². The number of hydrogen-bond acceptors (Lipinski definition) is 3. The van der Waals surface area contributed by atoms with Gasteiger partial charge in [-0.25, -0.2) is 17.9 Å². The maximum Gasteiger partial charge on any atom is 0.238 e. The standard InChI is InChI=1S/C18H23FN4O2S/c1-13-11-15(5-8-17(13)19)12-23-18(21-2)22-10-9-14-3-6-16(7-4-14)26(20,24)25/h3-8,11H,9-10,12H2,1-2H3,(H2,20,24,25)(H2,21,22,23). The van der Waals surface area contributed by atoms with Crippen LogP contribution >= 0.6 is 0 Å². The fraction of sp³-hybridized carbons (Fsp3) is 0.278. The zero-order valence-electron chi connectivity index (χ0n) is 14.8. The maximum absolute atomic E-state index is 13.3. The highest BCUT2D eigenvalue weighted by Crippen LogP contribution is 2.10. The van der Waals surface area contributed by atoms with Crippen LogP contribution in [-0.2, 0) is 23.0 Å². The van der Waals surface area contributed by atoms with E-state index >= 15 is 0 Å². The number of nitrogens with two attached hydrogens (primary N) is 1. The van der Waals surface area contributed by atoms with E-state index in [2.05, 4.69) is 15.6 Å². The van der Waals surface area contributed by atoms with Crippen LogP contribution < -0.4 is 15.8 Å². The molecule has 0 aliphatic carbocycles. The zero-order valence-corrected chi connectivity index (χ0v) is 15.6. The van der Waals surface area contributed by atoms with Gasteiger partial charge in [0.2, 0.25) is 10.0 Å². The van der Waals surface area contributed by atoms with Crippen molar-refractivity contribution in [3.8, 4) is 0 Å². The predicted octanol–water partition coefficient (Wildman–Crippen LogP) is 1.69. The Bertz CT molecular complexity index is 881. The smallest absolute Gasteiger partial charge is 0.238 e. The molecule has 2 aromatic carbocycles. The topological polar surface area (TPSA) is 96.6 Å². The van der Waals surface area contributed by atoms with E-state index in [1.54, 1.807) is 38.2 Å². The summed E-state index contributed by atoms with van der Waals surface area (Å²) in [6.45, 7) is 2.88. The normalized spacial score (nSPS) is 12.1. The van der Waals surface area contributed by atoms with Crippen LogP contribution in [0.2, 0.25) is 0 Å². The Morgan fingerprint density at radius 3 is 2.35 bits per heavy atom. The van der Waals surface area contributed by atoms with Gasteiger partial charge in [-0.3, -0.25) is 4.99 Å². The number of aliphatic imine (C=N–C) groups is 1. The lowest BCUT2D eigenvalue weighted by atomic mass is 10.1. The van der Waals surface area contributed by atoms with Gasteiger partial charge in [-0.2, -0.15) is 0 Å². The van der Waals surface area contributed by atoms with Crippen molar-refractivity contribution in [3.63, 3.8) is 0 Å². The van der Waals surface area contributed by atoms with Crippen molar-refractivity contribution < 1.29 is 12.8 Å². The van der Waals surface area contributed by atoms with Crippen molar-refractivity contribution in [3.05, 3.63) is 65.0 Å². The van der Waals surface area contributed by atoms with E-state index in [4.69, 9.17) is 5.14 Å². The summed E-state index contributed by atoms with van der Waals surface area (Å²) in [7, 11) is -1.99. The first-order chi connectivity index (χ1) is 12.3. The summed E-state index contributed by atoms with van der Waals surface area (Å²) < 4.78 is 35.8. The third-order valence-electron chi connectivity index (χ3n) is 3.86. The molecule has 0 bridgehead atoms. The second-order valence-corrected chi connectivity index (χ2v) is 7.44. The fourth-order valence-corrected chi connectivity index (χ4v) is 2.91. The van der Waals surface area contributed by atoms with Gasteiger partial charge in [0.05, 0.1) is 4.90 Å². The van der Waals surface area contributed by atoms with Crippen LogP contribution in [0.25, 0.3) is 0 Å². The first-order valence-corrected chi connectivity index (χ1v) is 9.65. The van der Waals surface area contributed by atoms with E-state index in [9.17, 15) is 12.8 Å². The van der Waals surface area contributed by atoms with Gasteiger partial charge in [0.1, 0.15) is 5.82 Å². The van der Waals surface area contributed by atoms with E-state index in [0.717, 1.165) is 11.1 Å². The van der Waals surface area contributed by atoms with Gasteiger partial charge in [0, 0.05) is 20.1 Å². The highest BCUT2D eigenvalue weighted by Gasteiger charge is 2.07. The van der Waals surface area contributed by atoms with E-state index in [1.807, 2.05) is 0 Å². The SMILES string of the molecule is CN=C(NCCc1ccc(S(N)(=O)=O)cc1)NCc1ccc(F)c(C)c1. The quantitative estimate of drug-likeness (QED) is 0.526. The number of benzene rings is 2. The van der Waals surface area contributed by atoms with Crippen molar-refractivity contribution >= 4 is 16.0 Å². The van der Waals surface area contributed by atoms with E-state index < -0.39 is 10.0 Å². The van der Waals surface area contributed by atoms with Crippen LogP contribution in [0.4, 0.5) is 4.39 Å². The molecule has 0 radical (unpaired) electrons. The minimum atomic E-state index is -3.67. The van der Waals surface area contributed by atoms with Gasteiger partial charge < -0.3 is 10.6 Å². The van der Waals surface area contributed by atoms with E-state index in [-0.39, 0.29) is 10.7 Å². The van der Waals surface area contributed by atoms with Crippen molar-refractivity contribution in [1.82, 2.24) is 10.6 Å². The third kappa shape index (κ3) is 5.82. The number of hydrogen-bond donors (Lipinski definition) is 3. The molecule has 0 atom stereocenters. The summed E-state index contributed by atoms with van der Waals surface area (Å²) in [5.74, 6) is 0.415. The van der Waals surface area contributed by atoms with Crippen LogP contribution in [0.15, 0.2) is 52.4 Å². The van der Waals surface area contributed by atoms with Gasteiger partial charge in [0.15, 0.2) is 5.96 Å². The molecule has 0 heterocycles. The Balaban J connectivity index is 1.82. The first-order valence-electron chi connectivity index (χ1n) is 8.11. The largest absolute Gasteiger partial charge is 0.356 e. The Hall–Kier alpha value is -2.45. The average molecular weight is 378 g/mol. The molecule has 0 aliphatic rings. The number of nitrogens with zero attached hydrogens (tertiary/aromatic N) is 1. The number of rotatable bonds is 6. The molecule has 0 fully saturated rings. The van der Waals surface area contributed by atoms with Gasteiger partial charge in [-0.05, 0) is 48.2 Å². The zero-order chi connectivity index (χ0) is 19.2. The lowest BCUT2D eigenvalue weighted by Crippen LogP contribution is -2.37. The fourth-order valence-electron chi connectivity index (χ4n) is 2.39. The highest BCUT2D eigenvalue weighted by molar-refractivity contribution is 7.89. The third-order valence-corrected chi connectivity index (χ3v) is 4.79. The van der Waals surface area contributed by atoms with Gasteiger partial charge in [0.25, 0.3) is 0 Å². The molecule has 0 aromatic heterocycles. The van der Waals surface area contributed by atoms with Crippen LogP contribution in [0, 0.1) is 12.7 Å². The molecule has 140 valence electrons. The summed E-state index contributed by atoms with van der Waals surface area (Å²) >= 11 is 0. The molecule has 8 heteroatoms. The molecule has 0 unspecified atom stereocenters. The first kappa shape index (κ1) is 19.9. The van der Waals surface area contributed by atoms with Gasteiger partial charge in [-0.15, -0.1) is 0 Å². The van der Waals surface area contributed by atoms with E-state index in [0.29, 0.717) is 31.0 Å². The maximum atomic E-state index is 13.3. The van der Waals surface area contributed by atoms with Crippen molar-refractivity contribution in [2.45, 2.75) is 24.8 Å². The number of aryl methyl sites for hydroxylation is 1. The minimum absolute atomic E-state index is 0.0984. The second-order valence-electron chi connectivity index (χ2n) is 5.88. The molecule has 6 nitrogen and oxygen atoms in total. The van der Waals surface area contributed by atoms with Crippen LogP contribution in [0.5, 0.6) is 0 Å². The number of primary sulfonamides is 1. The molecular weight excluding hydrogens is 355 g/mol. The van der Waals surface area contributed by atoms with Crippen LogP contribution in [-0.4, -0.2) is 28.0 Å². The summed E-state index contributed by atoms with van der Waals surface area (Å²) in [6.07, 6.45) is 0.696. The summed E-state index contributed by atoms with van der Waals surface area (Å²) in [4.78, 5) is 4.24. The molecule has 2 rings (SSSR count). The molecule has 0 aliphatic heterocycles. The van der Waals surface area contributed by atoms with Crippen molar-refractivity contribution in [2.24, 2.45) is 10.1 Å². The molecule has 0 amide bonds. The Kier molecular flexibility index (Phi) is 6.70. The molecule has 2 aromatic rings. The summed E-state index contributed by atoms with van der Waals surface area (Å²) in [5.41, 5.74) is 2.55. The highest BCUT2D eigenvalue weighted by atomic mass is 32.2. The van der Waals surface area contributed by atoms with E-state index in [1.165, 1.54) is 18.2 Å². The Labute approximate surface area is 153 Å². The molecule has 4 N–H and O–H groups in total. The molecule has 0 saturated carbocycles.